The lowest BCUT2D eigenvalue weighted by Gasteiger charge is -2.25. The van der Waals surface area contributed by atoms with E-state index in [4.69, 9.17) is 37.1 Å². The summed E-state index contributed by atoms with van der Waals surface area (Å²) in [7, 11) is 2.75. The number of furan rings is 1. The number of fused-ring (bicyclic) bond motifs is 1. The Labute approximate surface area is 240 Å². The van der Waals surface area contributed by atoms with Crippen LogP contribution in [0.2, 0.25) is 10.0 Å². The van der Waals surface area contributed by atoms with E-state index in [0.717, 1.165) is 11.3 Å². The van der Waals surface area contributed by atoms with E-state index < -0.39 is 23.5 Å². The number of thiazole rings is 1. The van der Waals surface area contributed by atoms with Gasteiger partial charge in [0.1, 0.15) is 23.3 Å². The fraction of sp³-hybridized carbons (Fsp3) is 0.143. The second kappa shape index (κ2) is 10.8. The summed E-state index contributed by atoms with van der Waals surface area (Å²) in [4.78, 5) is 42.8. The van der Waals surface area contributed by atoms with Crippen LogP contribution in [-0.2, 0) is 9.53 Å². The number of methoxy groups -OCH3 is 2. The monoisotopic (exact) mass is 598 g/mol. The molecule has 3 heterocycles. The molecule has 4 aromatic rings. The summed E-state index contributed by atoms with van der Waals surface area (Å²) in [6.45, 7) is 1.67. The van der Waals surface area contributed by atoms with Crippen LogP contribution in [0.25, 0.3) is 17.4 Å². The van der Waals surface area contributed by atoms with Gasteiger partial charge < -0.3 is 19.0 Å². The molecule has 0 aliphatic carbocycles. The van der Waals surface area contributed by atoms with Crippen LogP contribution < -0.4 is 19.6 Å². The highest BCUT2D eigenvalue weighted by Crippen LogP contribution is 2.37. The zero-order chi connectivity index (χ0) is 28.7. The summed E-state index contributed by atoms with van der Waals surface area (Å²) in [5.41, 5.74) is 1.22. The average molecular weight is 599 g/mol. The number of ether oxygens (including phenoxy) is 2. The highest BCUT2D eigenvalue weighted by molar-refractivity contribution is 7.07. The van der Waals surface area contributed by atoms with Crippen molar-refractivity contribution in [1.29, 1.82) is 0 Å². The van der Waals surface area contributed by atoms with Crippen LogP contribution in [0.5, 0.6) is 5.75 Å². The molecule has 0 amide bonds. The summed E-state index contributed by atoms with van der Waals surface area (Å²) in [5.74, 6) is -0.525. The smallest absolute Gasteiger partial charge is 0.338 e. The maximum Gasteiger partial charge on any atom is 0.338 e. The number of hydrogen-bond acceptors (Lipinski definition) is 8. The van der Waals surface area contributed by atoms with Crippen molar-refractivity contribution in [1.82, 2.24) is 4.57 Å². The molecule has 204 valence electrons. The minimum atomic E-state index is -1.13. The number of nitrogens with zero attached hydrogens (tertiary/aromatic N) is 2. The van der Waals surface area contributed by atoms with Gasteiger partial charge in [-0.15, -0.1) is 0 Å². The van der Waals surface area contributed by atoms with Crippen LogP contribution in [-0.4, -0.2) is 35.8 Å². The molecule has 9 nitrogen and oxygen atoms in total. The van der Waals surface area contributed by atoms with Crippen molar-refractivity contribution in [3.8, 4) is 17.1 Å². The molecular formula is C28H20Cl2N2O7S. The number of carbonyl (C=O) groups is 2. The van der Waals surface area contributed by atoms with Gasteiger partial charge in [0.05, 0.1) is 40.6 Å². The van der Waals surface area contributed by atoms with Crippen molar-refractivity contribution >= 4 is 52.6 Å². The Hall–Kier alpha value is -4.12. The van der Waals surface area contributed by atoms with Gasteiger partial charge in [-0.05, 0) is 49.4 Å². The fourth-order valence-corrected chi connectivity index (χ4v) is 5.93. The maximum absolute atomic E-state index is 13.8. The van der Waals surface area contributed by atoms with E-state index in [2.05, 4.69) is 4.99 Å². The van der Waals surface area contributed by atoms with Gasteiger partial charge in [-0.2, -0.15) is 0 Å². The number of esters is 1. The number of carboxylic acid groups (broad SMARTS) is 1. The minimum absolute atomic E-state index is 0.0224. The van der Waals surface area contributed by atoms with Crippen LogP contribution in [0.1, 0.15) is 34.6 Å². The number of hydrogen-bond donors (Lipinski definition) is 1. The van der Waals surface area contributed by atoms with E-state index in [0.29, 0.717) is 48.5 Å². The number of allylic oxidation sites excluding steroid dienone is 1. The standard InChI is InChI=1S/C28H20Cl2N2O7S/c1-13-23(27(36)38-3)24(18-11-15(29)5-8-21(18)37-2)32-25(33)22(40-28(32)31-13)12-16-6-9-20(39-16)14-4-7-17(26(34)35)19(30)10-14/h4-12,24H,1-3H3,(H,34,35)/b22-12-/t24-/m1/s1. The summed E-state index contributed by atoms with van der Waals surface area (Å²) >= 11 is 13.5. The molecule has 0 spiro atoms. The molecule has 1 aliphatic heterocycles. The summed E-state index contributed by atoms with van der Waals surface area (Å²) in [6, 6.07) is 11.9. The summed E-state index contributed by atoms with van der Waals surface area (Å²) in [6.07, 6.45) is 1.57. The van der Waals surface area contributed by atoms with Gasteiger partial charge in [-0.3, -0.25) is 9.36 Å². The highest BCUT2D eigenvalue weighted by Gasteiger charge is 2.35. The topological polar surface area (TPSA) is 120 Å². The zero-order valence-corrected chi connectivity index (χ0v) is 23.6. The summed E-state index contributed by atoms with van der Waals surface area (Å²) in [5, 5.41) is 9.68. The van der Waals surface area contributed by atoms with Crippen LogP contribution in [0.15, 0.2) is 74.0 Å². The second-order valence-corrected chi connectivity index (χ2v) is 10.5. The molecule has 2 aromatic carbocycles. The SMILES string of the molecule is COC(=O)C1=C(C)N=c2s/c(=C\c3ccc(-c4ccc(C(=O)O)c(Cl)c4)o3)c(=O)n2[C@@H]1c1cc(Cl)ccc1OC. The maximum atomic E-state index is 13.8. The van der Waals surface area contributed by atoms with Crippen molar-refractivity contribution in [2.45, 2.75) is 13.0 Å². The Bertz CT molecular complexity index is 1900. The normalized spacial score (nSPS) is 15.0. The Kier molecular flexibility index (Phi) is 7.41. The number of rotatable bonds is 6. The van der Waals surface area contributed by atoms with E-state index in [1.807, 2.05) is 0 Å². The lowest BCUT2D eigenvalue weighted by atomic mass is 9.95. The highest BCUT2D eigenvalue weighted by atomic mass is 35.5. The Morgan fingerprint density at radius 2 is 1.90 bits per heavy atom. The molecule has 0 saturated heterocycles. The first-order chi connectivity index (χ1) is 19.1. The molecule has 0 bridgehead atoms. The summed E-state index contributed by atoms with van der Waals surface area (Å²) < 4.78 is 18.2. The first-order valence-corrected chi connectivity index (χ1v) is 13.3. The third-order valence-corrected chi connectivity index (χ3v) is 7.83. The predicted molar refractivity (Wildman–Crippen MR) is 150 cm³/mol. The Morgan fingerprint density at radius 1 is 1.12 bits per heavy atom. The molecular weight excluding hydrogens is 579 g/mol. The molecule has 0 radical (unpaired) electrons. The largest absolute Gasteiger partial charge is 0.496 e. The molecule has 1 atom stereocenters. The van der Waals surface area contributed by atoms with Crippen LogP contribution in [0.4, 0.5) is 0 Å². The van der Waals surface area contributed by atoms with Crippen LogP contribution in [0.3, 0.4) is 0 Å². The lowest BCUT2D eigenvalue weighted by molar-refractivity contribution is -0.136. The lowest BCUT2D eigenvalue weighted by Crippen LogP contribution is -2.40. The van der Waals surface area contributed by atoms with Crippen molar-refractivity contribution in [3.63, 3.8) is 0 Å². The van der Waals surface area contributed by atoms with Gasteiger partial charge in [0.15, 0.2) is 4.80 Å². The van der Waals surface area contributed by atoms with Gasteiger partial charge in [0, 0.05) is 22.2 Å². The Morgan fingerprint density at radius 3 is 2.58 bits per heavy atom. The average Bonchev–Trinajstić information content (AvgIpc) is 3.51. The quantitative estimate of drug-likeness (QED) is 0.320. The molecule has 2 aromatic heterocycles. The van der Waals surface area contributed by atoms with E-state index >= 15 is 0 Å². The van der Waals surface area contributed by atoms with Gasteiger partial charge in [-0.1, -0.05) is 40.6 Å². The molecule has 1 N–H and O–H groups in total. The molecule has 0 unspecified atom stereocenters. The first kappa shape index (κ1) is 27.4. The molecule has 5 rings (SSSR count). The van der Waals surface area contributed by atoms with Crippen molar-refractivity contribution in [2.24, 2.45) is 4.99 Å². The first-order valence-electron chi connectivity index (χ1n) is 11.7. The molecule has 0 saturated carbocycles. The zero-order valence-electron chi connectivity index (χ0n) is 21.2. The van der Waals surface area contributed by atoms with Gasteiger partial charge >= 0.3 is 11.9 Å². The minimum Gasteiger partial charge on any atom is -0.496 e. The van der Waals surface area contributed by atoms with Crippen LogP contribution >= 0.6 is 34.5 Å². The molecule has 40 heavy (non-hydrogen) atoms. The number of halogens is 2. The Balaban J connectivity index is 1.64. The molecule has 0 fully saturated rings. The van der Waals surface area contributed by atoms with Crippen molar-refractivity contribution < 1.29 is 28.6 Å². The number of aromatic carboxylic acids is 1. The molecule has 12 heteroatoms. The van der Waals surface area contributed by atoms with E-state index in [1.165, 1.54) is 30.9 Å². The van der Waals surface area contributed by atoms with Gasteiger partial charge in [0.2, 0.25) is 0 Å². The number of aromatic nitrogens is 1. The molecule has 1 aliphatic rings. The van der Waals surface area contributed by atoms with Crippen molar-refractivity contribution in [3.05, 3.63) is 106 Å². The van der Waals surface area contributed by atoms with E-state index in [-0.39, 0.29) is 16.2 Å². The predicted octanol–water partition coefficient (Wildman–Crippen LogP) is 4.68. The second-order valence-electron chi connectivity index (χ2n) is 8.66. The number of carboxylic acids is 1. The number of benzene rings is 2. The fourth-order valence-electron chi connectivity index (χ4n) is 4.46. The van der Waals surface area contributed by atoms with E-state index in [1.54, 1.807) is 49.4 Å². The van der Waals surface area contributed by atoms with Gasteiger partial charge in [-0.25, -0.2) is 14.6 Å². The van der Waals surface area contributed by atoms with Crippen LogP contribution in [0, 0.1) is 0 Å². The number of carbonyl (C=O) groups excluding carboxylic acids is 1. The van der Waals surface area contributed by atoms with E-state index in [9.17, 15) is 19.5 Å². The third-order valence-electron chi connectivity index (χ3n) is 6.30. The third kappa shape index (κ3) is 4.85. The van der Waals surface area contributed by atoms with Gasteiger partial charge in [0.25, 0.3) is 5.56 Å². The van der Waals surface area contributed by atoms with Crippen molar-refractivity contribution in [2.75, 3.05) is 14.2 Å².